The molecule has 1 N–H and O–H groups in total. The first-order valence-corrected chi connectivity index (χ1v) is 6.80. The van der Waals surface area contributed by atoms with Crippen molar-refractivity contribution >= 4 is 39.9 Å². The first-order valence-electron chi connectivity index (χ1n) is 5.62. The highest BCUT2D eigenvalue weighted by molar-refractivity contribution is 9.10. The molecule has 0 saturated carbocycles. The molecule has 1 amide bonds. The van der Waals surface area contributed by atoms with Crippen LogP contribution in [0.15, 0.2) is 22.7 Å². The lowest BCUT2D eigenvalue weighted by molar-refractivity contribution is -0.109. The van der Waals surface area contributed by atoms with Crippen molar-refractivity contribution in [1.82, 2.24) is 5.32 Å². The van der Waals surface area contributed by atoms with E-state index >= 15 is 0 Å². The van der Waals surface area contributed by atoms with Gasteiger partial charge in [0.2, 0.25) is 0 Å². The van der Waals surface area contributed by atoms with E-state index in [2.05, 4.69) is 21.2 Å². The molecule has 0 aromatic heterocycles. The van der Waals surface area contributed by atoms with E-state index in [1.54, 1.807) is 39.0 Å². The Hall–Kier alpha value is -1.07. The Labute approximate surface area is 125 Å². The summed E-state index contributed by atoms with van der Waals surface area (Å²) in [5.74, 6) is 0. The van der Waals surface area contributed by atoms with Crippen LogP contribution >= 0.6 is 27.5 Å². The molecular formula is C13H15BrClNO3. The zero-order valence-corrected chi connectivity index (χ0v) is 13.2. The van der Waals surface area contributed by atoms with Crippen LogP contribution < -0.4 is 5.32 Å². The lowest BCUT2D eigenvalue weighted by Gasteiger charge is -2.22. The standard InChI is InChI=1S/C13H15BrClNO3/c1-13(2,3)19-12(18)16-11(7-17)9-5-4-8(15)6-10(9)14/h4-7,11H,1-3H3,(H,16,18). The molecule has 0 spiro atoms. The summed E-state index contributed by atoms with van der Waals surface area (Å²) in [6.07, 6.45) is -0.00998. The molecule has 0 heterocycles. The number of carbonyl (C=O) groups is 2. The maximum absolute atomic E-state index is 11.6. The van der Waals surface area contributed by atoms with E-state index < -0.39 is 17.7 Å². The molecule has 6 heteroatoms. The van der Waals surface area contributed by atoms with Crippen molar-refractivity contribution in [2.45, 2.75) is 32.4 Å². The predicted molar refractivity (Wildman–Crippen MR) is 77.3 cm³/mol. The van der Waals surface area contributed by atoms with E-state index in [4.69, 9.17) is 16.3 Å². The van der Waals surface area contributed by atoms with Crippen molar-refractivity contribution in [3.8, 4) is 0 Å². The van der Waals surface area contributed by atoms with Gasteiger partial charge in [-0.1, -0.05) is 33.6 Å². The first kappa shape index (κ1) is 16.0. The van der Waals surface area contributed by atoms with Gasteiger partial charge in [-0.2, -0.15) is 0 Å². The van der Waals surface area contributed by atoms with Gasteiger partial charge in [-0.15, -0.1) is 0 Å². The van der Waals surface area contributed by atoms with Gasteiger partial charge in [-0.3, -0.25) is 0 Å². The van der Waals surface area contributed by atoms with Crippen LogP contribution in [0.1, 0.15) is 32.4 Å². The molecule has 0 aliphatic carbocycles. The van der Waals surface area contributed by atoms with Gasteiger partial charge in [0.05, 0.1) is 0 Å². The van der Waals surface area contributed by atoms with Crippen LogP contribution in [0, 0.1) is 0 Å². The summed E-state index contributed by atoms with van der Waals surface area (Å²) < 4.78 is 5.75. The third-order valence-electron chi connectivity index (χ3n) is 2.11. The van der Waals surface area contributed by atoms with Crippen LogP contribution in [0.4, 0.5) is 4.79 Å². The number of halogens is 2. The first-order chi connectivity index (χ1) is 8.73. The molecule has 0 aliphatic rings. The Kier molecular flexibility index (Phi) is 5.38. The van der Waals surface area contributed by atoms with E-state index in [0.717, 1.165) is 0 Å². The third-order valence-corrected chi connectivity index (χ3v) is 3.03. The molecule has 1 rings (SSSR count). The molecule has 0 radical (unpaired) electrons. The zero-order valence-electron chi connectivity index (χ0n) is 10.9. The van der Waals surface area contributed by atoms with Crippen molar-refractivity contribution in [2.24, 2.45) is 0 Å². The second kappa shape index (κ2) is 6.39. The van der Waals surface area contributed by atoms with Crippen molar-refractivity contribution in [3.05, 3.63) is 33.3 Å². The number of aldehydes is 1. The monoisotopic (exact) mass is 347 g/mol. The molecule has 1 aromatic carbocycles. The molecule has 0 aliphatic heterocycles. The van der Waals surface area contributed by atoms with Crippen molar-refractivity contribution < 1.29 is 14.3 Å². The summed E-state index contributed by atoms with van der Waals surface area (Å²) in [7, 11) is 0. The van der Waals surface area contributed by atoms with E-state index in [0.29, 0.717) is 21.3 Å². The Morgan fingerprint density at radius 2 is 2.11 bits per heavy atom. The molecule has 1 aromatic rings. The topological polar surface area (TPSA) is 55.4 Å². The number of ether oxygens (including phenoxy) is 1. The number of rotatable bonds is 3. The second-order valence-electron chi connectivity index (χ2n) is 4.93. The summed E-state index contributed by atoms with van der Waals surface area (Å²) >= 11 is 9.13. The van der Waals surface area contributed by atoms with Gasteiger partial charge in [0.1, 0.15) is 17.9 Å². The average Bonchev–Trinajstić information content (AvgIpc) is 2.24. The van der Waals surface area contributed by atoms with E-state index in [-0.39, 0.29) is 0 Å². The van der Waals surface area contributed by atoms with Crippen molar-refractivity contribution in [3.63, 3.8) is 0 Å². The third kappa shape index (κ3) is 5.20. The number of carbonyl (C=O) groups excluding carboxylic acids is 2. The van der Waals surface area contributed by atoms with Gasteiger partial charge in [-0.05, 0) is 38.5 Å². The Bertz CT molecular complexity index is 485. The fourth-order valence-corrected chi connectivity index (χ4v) is 2.30. The number of nitrogens with one attached hydrogen (secondary N) is 1. The summed E-state index contributed by atoms with van der Waals surface area (Å²) in [5, 5.41) is 3.04. The molecule has 4 nitrogen and oxygen atoms in total. The highest BCUT2D eigenvalue weighted by Gasteiger charge is 2.21. The van der Waals surface area contributed by atoms with Crippen LogP contribution in [0.2, 0.25) is 5.02 Å². The number of benzene rings is 1. The van der Waals surface area contributed by atoms with Gasteiger partial charge in [0.15, 0.2) is 0 Å². The summed E-state index contributed by atoms with van der Waals surface area (Å²) in [6.45, 7) is 5.25. The molecule has 0 saturated heterocycles. The van der Waals surface area contributed by atoms with Gasteiger partial charge in [0.25, 0.3) is 0 Å². The van der Waals surface area contributed by atoms with Gasteiger partial charge in [-0.25, -0.2) is 4.79 Å². The smallest absolute Gasteiger partial charge is 0.408 e. The van der Waals surface area contributed by atoms with Gasteiger partial charge in [0, 0.05) is 9.50 Å². The van der Waals surface area contributed by atoms with Crippen LogP contribution in [0.5, 0.6) is 0 Å². The highest BCUT2D eigenvalue weighted by atomic mass is 79.9. The Morgan fingerprint density at radius 3 is 2.58 bits per heavy atom. The van der Waals surface area contributed by atoms with E-state index in [1.807, 2.05) is 0 Å². The molecule has 0 bridgehead atoms. The largest absolute Gasteiger partial charge is 0.444 e. The molecule has 104 valence electrons. The summed E-state index contributed by atoms with van der Waals surface area (Å²) in [5.41, 5.74) is -0.000343. The molecular weight excluding hydrogens is 334 g/mol. The number of hydrogen-bond donors (Lipinski definition) is 1. The highest BCUT2D eigenvalue weighted by Crippen LogP contribution is 2.26. The SMILES string of the molecule is CC(C)(C)OC(=O)NC(C=O)c1ccc(Cl)cc1Br. The van der Waals surface area contributed by atoms with Crippen LogP contribution in [0.3, 0.4) is 0 Å². The fourth-order valence-electron chi connectivity index (χ4n) is 1.37. The maximum atomic E-state index is 11.6. The quantitative estimate of drug-likeness (QED) is 0.844. The van der Waals surface area contributed by atoms with Gasteiger partial charge < -0.3 is 14.8 Å². The van der Waals surface area contributed by atoms with Crippen molar-refractivity contribution in [2.75, 3.05) is 0 Å². The zero-order chi connectivity index (χ0) is 14.6. The minimum absolute atomic E-state index is 0.539. The molecule has 19 heavy (non-hydrogen) atoms. The molecule has 0 fully saturated rings. The minimum Gasteiger partial charge on any atom is -0.444 e. The van der Waals surface area contributed by atoms with Gasteiger partial charge >= 0.3 is 6.09 Å². The fraction of sp³-hybridized carbons (Fsp3) is 0.385. The Morgan fingerprint density at radius 1 is 1.47 bits per heavy atom. The normalized spacial score (nSPS) is 12.7. The number of amides is 1. The summed E-state index contributed by atoms with van der Waals surface area (Å²) in [6, 6.07) is 4.18. The van der Waals surface area contributed by atoms with E-state index in [9.17, 15) is 9.59 Å². The molecule has 1 atom stereocenters. The average molecular weight is 349 g/mol. The lowest BCUT2D eigenvalue weighted by Crippen LogP contribution is -2.35. The second-order valence-corrected chi connectivity index (χ2v) is 6.22. The summed E-state index contributed by atoms with van der Waals surface area (Å²) in [4.78, 5) is 22.8. The van der Waals surface area contributed by atoms with Crippen LogP contribution in [-0.4, -0.2) is 18.0 Å². The molecule has 1 unspecified atom stereocenters. The van der Waals surface area contributed by atoms with Crippen LogP contribution in [0.25, 0.3) is 0 Å². The van der Waals surface area contributed by atoms with E-state index in [1.165, 1.54) is 0 Å². The Balaban J connectivity index is 2.84. The lowest BCUT2D eigenvalue weighted by atomic mass is 10.1. The maximum Gasteiger partial charge on any atom is 0.408 e. The predicted octanol–water partition coefficient (Wildman–Crippen LogP) is 3.87. The number of hydrogen-bond acceptors (Lipinski definition) is 3. The van der Waals surface area contributed by atoms with Crippen LogP contribution in [-0.2, 0) is 9.53 Å². The van der Waals surface area contributed by atoms with Crippen molar-refractivity contribution in [1.29, 1.82) is 0 Å². The number of alkyl carbamates (subject to hydrolysis) is 1. The minimum atomic E-state index is -0.790.